The topological polar surface area (TPSA) is 101 Å². The number of H-pyrrole nitrogens is 1. The van der Waals surface area contributed by atoms with Gasteiger partial charge >= 0.3 is 0 Å². The second-order valence-corrected chi connectivity index (χ2v) is 6.05. The molecule has 1 amide bonds. The fourth-order valence-electron chi connectivity index (χ4n) is 2.63. The number of rotatable bonds is 6. The predicted molar refractivity (Wildman–Crippen MR) is 96.7 cm³/mol. The van der Waals surface area contributed by atoms with Crippen molar-refractivity contribution in [1.29, 1.82) is 0 Å². The van der Waals surface area contributed by atoms with E-state index in [2.05, 4.69) is 27.6 Å². The molecule has 3 aromatic rings. The van der Waals surface area contributed by atoms with Crippen LogP contribution in [0.15, 0.2) is 45.7 Å². The Kier molecular flexibility index (Phi) is 5.26. The van der Waals surface area contributed by atoms with Crippen LogP contribution in [0.25, 0.3) is 11.1 Å². The Balaban J connectivity index is 1.73. The fraction of sp³-hybridized carbons (Fsp3) is 0.263. The first-order valence-corrected chi connectivity index (χ1v) is 8.46. The van der Waals surface area contributed by atoms with E-state index in [0.29, 0.717) is 28.1 Å². The van der Waals surface area contributed by atoms with E-state index >= 15 is 0 Å². The summed E-state index contributed by atoms with van der Waals surface area (Å²) in [5.41, 5.74) is 2.89. The van der Waals surface area contributed by atoms with Crippen molar-refractivity contribution in [2.24, 2.45) is 0 Å². The van der Waals surface area contributed by atoms with Crippen LogP contribution in [-0.2, 0) is 13.0 Å². The number of nitrogens with one attached hydrogen (secondary N) is 2. The van der Waals surface area contributed by atoms with E-state index in [1.165, 1.54) is 0 Å². The van der Waals surface area contributed by atoms with Crippen LogP contribution in [0.5, 0.6) is 0 Å². The molecule has 1 aromatic carbocycles. The van der Waals surface area contributed by atoms with Gasteiger partial charge in [-0.15, -0.1) is 0 Å². The minimum Gasteiger partial charge on any atom is -0.359 e. The highest BCUT2D eigenvalue weighted by molar-refractivity contribution is 5.95. The monoisotopic (exact) mass is 352 g/mol. The van der Waals surface area contributed by atoms with Crippen molar-refractivity contribution in [3.63, 3.8) is 0 Å². The lowest BCUT2D eigenvalue weighted by molar-refractivity contribution is 0.0947. The Morgan fingerprint density at radius 3 is 2.92 bits per heavy atom. The second kappa shape index (κ2) is 7.77. The molecule has 0 spiro atoms. The first-order chi connectivity index (χ1) is 12.6. The first kappa shape index (κ1) is 17.6. The molecule has 0 unspecified atom stereocenters. The minimum absolute atomic E-state index is 0.248. The number of nitrogens with zero attached hydrogens (tertiary/aromatic N) is 2. The summed E-state index contributed by atoms with van der Waals surface area (Å²) >= 11 is 0. The number of benzene rings is 1. The van der Waals surface area contributed by atoms with Gasteiger partial charge in [0.15, 0.2) is 5.76 Å². The number of carbonyl (C=O) groups excluding carboxylic acids is 1. The van der Waals surface area contributed by atoms with Crippen LogP contribution in [0.2, 0.25) is 0 Å². The molecule has 2 aromatic heterocycles. The summed E-state index contributed by atoms with van der Waals surface area (Å²) in [7, 11) is 0. The molecule has 0 fully saturated rings. The van der Waals surface area contributed by atoms with Gasteiger partial charge in [-0.2, -0.15) is 5.10 Å². The summed E-state index contributed by atoms with van der Waals surface area (Å²) < 4.78 is 5.21. The van der Waals surface area contributed by atoms with Gasteiger partial charge in [0.25, 0.3) is 11.5 Å². The van der Waals surface area contributed by atoms with Crippen molar-refractivity contribution < 1.29 is 9.32 Å². The average molecular weight is 352 g/mol. The molecule has 3 rings (SSSR count). The number of amides is 1. The van der Waals surface area contributed by atoms with Gasteiger partial charge in [-0.25, -0.2) is 5.10 Å². The Bertz CT molecular complexity index is 975. The number of carbonyl (C=O) groups is 1. The standard InChI is InChI=1S/C19H20N4O3/c1-3-5-15-10-16(26-23-15)11-20-18(24)14-7-4-6-13(9-14)17-8-12(2)21-22-19(17)25/h4,6-10H,3,5,11H2,1-2H3,(H,20,24)(H,22,25). The van der Waals surface area contributed by atoms with E-state index in [0.717, 1.165) is 18.5 Å². The van der Waals surface area contributed by atoms with Gasteiger partial charge in [0.2, 0.25) is 0 Å². The molecule has 0 aliphatic carbocycles. The van der Waals surface area contributed by atoms with E-state index in [-0.39, 0.29) is 18.0 Å². The van der Waals surface area contributed by atoms with Crippen LogP contribution in [0.1, 0.15) is 40.9 Å². The second-order valence-electron chi connectivity index (χ2n) is 6.05. The zero-order valence-corrected chi connectivity index (χ0v) is 14.7. The van der Waals surface area contributed by atoms with Crippen molar-refractivity contribution in [3.05, 3.63) is 69.5 Å². The van der Waals surface area contributed by atoms with E-state index in [1.807, 2.05) is 6.07 Å². The van der Waals surface area contributed by atoms with Crippen molar-refractivity contribution in [2.45, 2.75) is 33.2 Å². The normalized spacial score (nSPS) is 10.7. The lowest BCUT2D eigenvalue weighted by Gasteiger charge is -2.06. The largest absolute Gasteiger partial charge is 0.359 e. The third-order valence-corrected chi connectivity index (χ3v) is 3.90. The van der Waals surface area contributed by atoms with Gasteiger partial charge in [0.1, 0.15) is 0 Å². The van der Waals surface area contributed by atoms with Crippen LogP contribution < -0.4 is 10.9 Å². The maximum Gasteiger partial charge on any atom is 0.272 e. The molecule has 0 atom stereocenters. The smallest absolute Gasteiger partial charge is 0.272 e. The molecule has 7 heteroatoms. The van der Waals surface area contributed by atoms with Gasteiger partial charge in [-0.3, -0.25) is 9.59 Å². The number of aromatic amines is 1. The summed E-state index contributed by atoms with van der Waals surface area (Å²) in [5.74, 6) is 0.363. The lowest BCUT2D eigenvalue weighted by Crippen LogP contribution is -2.22. The third-order valence-electron chi connectivity index (χ3n) is 3.90. The lowest BCUT2D eigenvalue weighted by atomic mass is 10.0. The summed E-state index contributed by atoms with van der Waals surface area (Å²) in [6.07, 6.45) is 1.83. The van der Waals surface area contributed by atoms with E-state index in [1.54, 1.807) is 37.3 Å². The molecule has 0 saturated carbocycles. The van der Waals surface area contributed by atoms with Crippen LogP contribution in [-0.4, -0.2) is 21.3 Å². The van der Waals surface area contributed by atoms with Gasteiger partial charge in [-0.1, -0.05) is 30.6 Å². The zero-order chi connectivity index (χ0) is 18.5. The van der Waals surface area contributed by atoms with E-state index in [9.17, 15) is 9.59 Å². The van der Waals surface area contributed by atoms with Crippen molar-refractivity contribution in [2.75, 3.05) is 0 Å². The molecule has 0 saturated heterocycles. The summed E-state index contributed by atoms with van der Waals surface area (Å²) in [6.45, 7) is 4.12. The molecule has 0 radical (unpaired) electrons. The molecule has 0 aliphatic heterocycles. The highest BCUT2D eigenvalue weighted by atomic mass is 16.5. The molecule has 7 nitrogen and oxygen atoms in total. The molecule has 134 valence electrons. The minimum atomic E-state index is -0.293. The molecule has 2 heterocycles. The van der Waals surface area contributed by atoms with Gasteiger partial charge in [0, 0.05) is 11.6 Å². The predicted octanol–water partition coefficient (Wildman–Crippen LogP) is 2.62. The van der Waals surface area contributed by atoms with Crippen molar-refractivity contribution >= 4 is 5.91 Å². The van der Waals surface area contributed by atoms with Gasteiger partial charge in [0.05, 0.1) is 23.5 Å². The van der Waals surface area contributed by atoms with Crippen LogP contribution >= 0.6 is 0 Å². The molecule has 26 heavy (non-hydrogen) atoms. The highest BCUT2D eigenvalue weighted by Gasteiger charge is 2.11. The van der Waals surface area contributed by atoms with Gasteiger partial charge < -0.3 is 9.84 Å². The maximum atomic E-state index is 12.4. The summed E-state index contributed by atoms with van der Waals surface area (Å²) in [4.78, 5) is 24.4. The Labute approximate surface area is 150 Å². The number of aromatic nitrogens is 3. The summed E-state index contributed by atoms with van der Waals surface area (Å²) in [6, 6.07) is 10.5. The third kappa shape index (κ3) is 4.05. The van der Waals surface area contributed by atoms with E-state index in [4.69, 9.17) is 4.52 Å². The molecule has 0 bridgehead atoms. The van der Waals surface area contributed by atoms with E-state index < -0.39 is 0 Å². The van der Waals surface area contributed by atoms with Crippen LogP contribution in [0.3, 0.4) is 0 Å². The Morgan fingerprint density at radius 2 is 2.12 bits per heavy atom. The fourth-order valence-corrected chi connectivity index (χ4v) is 2.63. The Hall–Kier alpha value is -3.22. The maximum absolute atomic E-state index is 12.4. The number of hydrogen-bond donors (Lipinski definition) is 2. The number of aryl methyl sites for hydroxylation is 2. The highest BCUT2D eigenvalue weighted by Crippen LogP contribution is 2.17. The first-order valence-electron chi connectivity index (χ1n) is 8.46. The molecule has 2 N–H and O–H groups in total. The molecular weight excluding hydrogens is 332 g/mol. The average Bonchev–Trinajstić information content (AvgIpc) is 3.10. The zero-order valence-electron chi connectivity index (χ0n) is 14.7. The Morgan fingerprint density at radius 1 is 1.27 bits per heavy atom. The number of hydrogen-bond acceptors (Lipinski definition) is 5. The molecular formula is C19H20N4O3. The van der Waals surface area contributed by atoms with Gasteiger partial charge in [-0.05, 0) is 37.1 Å². The van der Waals surface area contributed by atoms with Crippen LogP contribution in [0.4, 0.5) is 0 Å². The SMILES string of the molecule is CCCc1cc(CNC(=O)c2cccc(-c3cc(C)n[nH]c3=O)c2)on1. The van der Waals surface area contributed by atoms with Crippen molar-refractivity contribution in [1.82, 2.24) is 20.7 Å². The van der Waals surface area contributed by atoms with Crippen molar-refractivity contribution in [3.8, 4) is 11.1 Å². The summed E-state index contributed by atoms with van der Waals surface area (Å²) in [5, 5.41) is 13.1. The quantitative estimate of drug-likeness (QED) is 0.710. The van der Waals surface area contributed by atoms with Crippen LogP contribution in [0, 0.1) is 6.92 Å². The molecule has 0 aliphatic rings.